The number of carboxylic acid groups (broad SMARTS) is 1. The molecule has 0 saturated carbocycles. The van der Waals surface area contributed by atoms with E-state index in [0.717, 1.165) is 12.8 Å². The summed E-state index contributed by atoms with van der Waals surface area (Å²) < 4.78 is 30.4. The summed E-state index contributed by atoms with van der Waals surface area (Å²) >= 11 is 0. The minimum absolute atomic E-state index is 0.0999. The molecular formula is C26H39NO11. The molecule has 0 spiro atoms. The van der Waals surface area contributed by atoms with Gasteiger partial charge in [0.05, 0.1) is 26.4 Å². The number of carbonyl (C=O) groups excluding carboxylic acids is 3. The molecule has 214 valence electrons. The van der Waals surface area contributed by atoms with E-state index in [1.807, 2.05) is 13.8 Å². The zero-order valence-corrected chi connectivity index (χ0v) is 22.4. The van der Waals surface area contributed by atoms with Gasteiger partial charge in [0.25, 0.3) is 0 Å². The van der Waals surface area contributed by atoms with Gasteiger partial charge < -0.3 is 39.3 Å². The van der Waals surface area contributed by atoms with Crippen molar-refractivity contribution in [1.29, 1.82) is 0 Å². The molecule has 0 saturated heterocycles. The Labute approximate surface area is 222 Å². The van der Waals surface area contributed by atoms with E-state index in [4.69, 9.17) is 34.2 Å². The molecule has 0 aliphatic carbocycles. The number of hydrogen-bond donors (Lipinski definition) is 2. The topological polar surface area (TPSA) is 170 Å². The molecule has 1 aromatic rings. The molecule has 1 aromatic carbocycles. The first kappa shape index (κ1) is 32.5. The molecule has 12 heteroatoms. The number of unbranched alkanes of at least 4 members (excludes halogenated alkanes) is 2. The van der Waals surface area contributed by atoms with Gasteiger partial charge in [-0.2, -0.15) is 0 Å². The van der Waals surface area contributed by atoms with Gasteiger partial charge in [0.15, 0.2) is 11.5 Å². The lowest BCUT2D eigenvalue weighted by atomic mass is 9.82. The second-order valence-electron chi connectivity index (χ2n) is 8.59. The van der Waals surface area contributed by atoms with Gasteiger partial charge >= 0.3 is 24.4 Å². The number of rotatable bonds is 16. The zero-order chi connectivity index (χ0) is 28.5. The quantitative estimate of drug-likeness (QED) is 0.124. The van der Waals surface area contributed by atoms with Crippen LogP contribution in [0.1, 0.15) is 71.3 Å². The monoisotopic (exact) mass is 541 g/mol. The zero-order valence-electron chi connectivity index (χ0n) is 22.4. The summed E-state index contributed by atoms with van der Waals surface area (Å²) in [6.07, 6.45) is 0.783. The summed E-state index contributed by atoms with van der Waals surface area (Å²) in [6, 6.07) is 2.71. The Morgan fingerprint density at radius 2 is 1.37 bits per heavy atom. The molecule has 0 radical (unpaired) electrons. The fourth-order valence-electron chi connectivity index (χ4n) is 3.40. The van der Waals surface area contributed by atoms with E-state index >= 15 is 0 Å². The molecule has 0 amide bonds. The van der Waals surface area contributed by atoms with Crippen LogP contribution in [0.4, 0.5) is 14.4 Å². The molecule has 0 aromatic heterocycles. The second kappa shape index (κ2) is 17.8. The largest absolute Gasteiger partial charge is 0.513 e. The Kier molecular flexibility index (Phi) is 15.2. The van der Waals surface area contributed by atoms with Crippen LogP contribution in [0, 0.1) is 5.92 Å². The summed E-state index contributed by atoms with van der Waals surface area (Å²) in [5.74, 6) is -3.13. The smallest absolute Gasteiger partial charge is 0.480 e. The minimum Gasteiger partial charge on any atom is -0.480 e. The normalized spacial score (nSPS) is 13.0. The second-order valence-corrected chi connectivity index (χ2v) is 8.59. The first-order valence-electron chi connectivity index (χ1n) is 12.8. The number of carbonyl (C=O) groups is 4. The summed E-state index contributed by atoms with van der Waals surface area (Å²) in [7, 11) is 0. The number of ether oxygens (including phenoxy) is 6. The first-order chi connectivity index (χ1) is 18.1. The van der Waals surface area contributed by atoms with Crippen LogP contribution in [-0.2, 0) is 23.7 Å². The highest BCUT2D eigenvalue weighted by Gasteiger charge is 2.33. The van der Waals surface area contributed by atoms with Crippen molar-refractivity contribution in [3.8, 4) is 11.5 Å². The van der Waals surface area contributed by atoms with Crippen LogP contribution >= 0.6 is 0 Å². The highest BCUT2D eigenvalue weighted by atomic mass is 16.7. The third-order valence-electron chi connectivity index (χ3n) is 5.30. The number of benzene rings is 1. The molecule has 0 bridgehead atoms. The highest BCUT2D eigenvalue weighted by molar-refractivity contribution is 5.75. The van der Waals surface area contributed by atoms with E-state index in [1.54, 1.807) is 13.8 Å². The summed E-state index contributed by atoms with van der Waals surface area (Å²) in [5, 5.41) is 9.63. The van der Waals surface area contributed by atoms with E-state index in [9.17, 15) is 24.3 Å². The number of hydrogen-bond acceptors (Lipinski definition) is 11. The third-order valence-corrected chi connectivity index (χ3v) is 5.30. The Morgan fingerprint density at radius 3 is 1.92 bits per heavy atom. The van der Waals surface area contributed by atoms with E-state index < -0.39 is 42.3 Å². The van der Waals surface area contributed by atoms with Crippen molar-refractivity contribution < 1.29 is 52.7 Å². The van der Waals surface area contributed by atoms with Crippen molar-refractivity contribution in [2.24, 2.45) is 11.7 Å². The molecular weight excluding hydrogens is 502 g/mol. The Morgan fingerprint density at radius 1 is 0.789 bits per heavy atom. The standard InChI is InChI=1S/C26H39NO11/c1-5-8-9-14-35-24(30)36-16-17(4)21(22(27)23(28)29)18-10-11-19(37-25(31)33-12-6-2)20(15-18)38-26(32)34-13-7-3/h10-11,15,17,21-22H,5-9,12-14,16,27H2,1-4H3,(H,28,29)/t17?,21?,22-/m0/s1. The summed E-state index contributed by atoms with van der Waals surface area (Å²) in [6.45, 7) is 7.54. The van der Waals surface area contributed by atoms with Gasteiger partial charge in [-0.15, -0.1) is 0 Å². The third kappa shape index (κ3) is 11.7. The van der Waals surface area contributed by atoms with Gasteiger partial charge in [0.1, 0.15) is 6.04 Å². The van der Waals surface area contributed by atoms with Crippen LogP contribution in [0.25, 0.3) is 0 Å². The van der Waals surface area contributed by atoms with E-state index in [1.165, 1.54) is 18.2 Å². The minimum atomic E-state index is -1.41. The van der Waals surface area contributed by atoms with Crippen molar-refractivity contribution in [3.63, 3.8) is 0 Å². The van der Waals surface area contributed by atoms with Crippen molar-refractivity contribution in [2.45, 2.75) is 71.8 Å². The van der Waals surface area contributed by atoms with Gasteiger partial charge in [-0.3, -0.25) is 4.79 Å². The molecule has 0 heterocycles. The van der Waals surface area contributed by atoms with Crippen LogP contribution in [0.5, 0.6) is 11.5 Å². The van der Waals surface area contributed by atoms with E-state index in [-0.39, 0.29) is 37.9 Å². The van der Waals surface area contributed by atoms with Gasteiger partial charge in [0.2, 0.25) is 0 Å². The van der Waals surface area contributed by atoms with Crippen LogP contribution in [0.2, 0.25) is 0 Å². The fraction of sp³-hybridized carbons (Fsp3) is 0.615. The Hall–Kier alpha value is -3.54. The predicted octanol–water partition coefficient (Wildman–Crippen LogP) is 5.01. The molecule has 3 atom stereocenters. The van der Waals surface area contributed by atoms with Crippen LogP contribution in [-0.4, -0.2) is 62.0 Å². The fourth-order valence-corrected chi connectivity index (χ4v) is 3.40. The molecule has 0 aliphatic rings. The van der Waals surface area contributed by atoms with Gasteiger partial charge in [-0.05, 0) is 42.9 Å². The van der Waals surface area contributed by atoms with Crippen molar-refractivity contribution in [1.82, 2.24) is 0 Å². The summed E-state index contributed by atoms with van der Waals surface area (Å²) in [4.78, 5) is 47.9. The molecule has 2 unspecified atom stereocenters. The van der Waals surface area contributed by atoms with Crippen molar-refractivity contribution in [2.75, 3.05) is 26.4 Å². The van der Waals surface area contributed by atoms with Gasteiger partial charge in [0, 0.05) is 5.92 Å². The molecule has 1 rings (SSSR count). The molecule has 38 heavy (non-hydrogen) atoms. The van der Waals surface area contributed by atoms with Crippen molar-refractivity contribution >= 4 is 24.4 Å². The maximum absolute atomic E-state index is 12.1. The van der Waals surface area contributed by atoms with Gasteiger partial charge in [-0.25, -0.2) is 14.4 Å². The van der Waals surface area contributed by atoms with Gasteiger partial charge in [-0.1, -0.05) is 46.6 Å². The Balaban J connectivity index is 3.18. The molecule has 0 fully saturated rings. The van der Waals surface area contributed by atoms with Crippen LogP contribution in [0.15, 0.2) is 18.2 Å². The Bertz CT molecular complexity index is 905. The molecule has 12 nitrogen and oxygen atoms in total. The van der Waals surface area contributed by atoms with E-state index in [2.05, 4.69) is 0 Å². The first-order valence-corrected chi connectivity index (χ1v) is 12.8. The lowest BCUT2D eigenvalue weighted by Crippen LogP contribution is -2.40. The highest BCUT2D eigenvalue weighted by Crippen LogP contribution is 2.36. The summed E-state index contributed by atoms with van der Waals surface area (Å²) in [5.41, 5.74) is 6.33. The lowest BCUT2D eigenvalue weighted by molar-refractivity contribution is -0.139. The van der Waals surface area contributed by atoms with Crippen molar-refractivity contribution in [3.05, 3.63) is 23.8 Å². The van der Waals surface area contributed by atoms with Crippen LogP contribution < -0.4 is 15.2 Å². The van der Waals surface area contributed by atoms with Crippen LogP contribution in [0.3, 0.4) is 0 Å². The maximum atomic E-state index is 12.1. The molecule has 0 aliphatic heterocycles. The van der Waals surface area contributed by atoms with E-state index in [0.29, 0.717) is 24.8 Å². The lowest BCUT2D eigenvalue weighted by Gasteiger charge is -2.27. The SMILES string of the molecule is CCCCCOC(=O)OCC(C)C(c1ccc(OC(=O)OCCC)c(OC(=O)OCCC)c1)[C@H](N)C(=O)O. The number of aliphatic carboxylic acids is 1. The number of carboxylic acids is 1. The average Bonchev–Trinajstić information content (AvgIpc) is 2.88. The number of nitrogens with two attached hydrogens (primary N) is 1. The molecule has 3 N–H and O–H groups in total. The predicted molar refractivity (Wildman–Crippen MR) is 135 cm³/mol. The maximum Gasteiger partial charge on any atom is 0.513 e. The average molecular weight is 542 g/mol.